The van der Waals surface area contributed by atoms with E-state index in [4.69, 9.17) is 9.15 Å². The van der Waals surface area contributed by atoms with Crippen LogP contribution in [0.1, 0.15) is 24.8 Å². The fourth-order valence-electron chi connectivity index (χ4n) is 2.09. The van der Waals surface area contributed by atoms with E-state index in [1.54, 1.807) is 6.26 Å². The summed E-state index contributed by atoms with van der Waals surface area (Å²) in [6.45, 7) is 4.84. The van der Waals surface area contributed by atoms with E-state index < -0.39 is 0 Å². The highest BCUT2D eigenvalue weighted by molar-refractivity contribution is 5.15. The molecule has 1 unspecified atom stereocenters. The molecule has 0 radical (unpaired) electrons. The summed E-state index contributed by atoms with van der Waals surface area (Å²) in [6.07, 6.45) is 5.00. The van der Waals surface area contributed by atoms with E-state index in [1.165, 1.54) is 5.56 Å². The van der Waals surface area contributed by atoms with Gasteiger partial charge in [0.15, 0.2) is 0 Å². The monoisotopic (exact) mass is 195 g/mol. The molecule has 0 aromatic carbocycles. The van der Waals surface area contributed by atoms with Crippen LogP contribution in [-0.2, 0) is 4.74 Å². The van der Waals surface area contributed by atoms with E-state index in [9.17, 15) is 0 Å². The summed E-state index contributed by atoms with van der Waals surface area (Å²) in [6, 6.07) is 2.04. The number of rotatable bonds is 3. The molecule has 2 heterocycles. The molecule has 1 aromatic heterocycles. The van der Waals surface area contributed by atoms with Crippen molar-refractivity contribution < 1.29 is 9.15 Å². The zero-order chi connectivity index (χ0) is 9.80. The Hall–Kier alpha value is -0.800. The van der Waals surface area contributed by atoms with Gasteiger partial charge in [0, 0.05) is 19.1 Å². The average molecular weight is 195 g/mol. The summed E-state index contributed by atoms with van der Waals surface area (Å²) in [5.41, 5.74) is 1.27. The van der Waals surface area contributed by atoms with E-state index in [1.807, 2.05) is 19.3 Å². The molecule has 1 fully saturated rings. The Morgan fingerprint density at radius 3 is 3.29 bits per heavy atom. The van der Waals surface area contributed by atoms with Crippen LogP contribution in [0, 0.1) is 0 Å². The van der Waals surface area contributed by atoms with Gasteiger partial charge in [0.25, 0.3) is 0 Å². The van der Waals surface area contributed by atoms with Gasteiger partial charge in [-0.05, 0) is 31.5 Å². The van der Waals surface area contributed by atoms with Crippen molar-refractivity contribution in [3.8, 4) is 0 Å². The molecule has 0 spiro atoms. The van der Waals surface area contributed by atoms with Gasteiger partial charge in [-0.15, -0.1) is 0 Å². The Bertz CT molecular complexity index is 256. The maximum Gasteiger partial charge on any atom is 0.0938 e. The van der Waals surface area contributed by atoms with E-state index in [0.29, 0.717) is 12.0 Å². The van der Waals surface area contributed by atoms with Gasteiger partial charge in [0.05, 0.1) is 18.6 Å². The molecule has 0 amide bonds. The van der Waals surface area contributed by atoms with Gasteiger partial charge < -0.3 is 14.5 Å². The molecule has 0 aliphatic carbocycles. The molecule has 3 heteroatoms. The van der Waals surface area contributed by atoms with Crippen molar-refractivity contribution in [3.63, 3.8) is 0 Å². The molecular weight excluding hydrogens is 178 g/mol. The van der Waals surface area contributed by atoms with Gasteiger partial charge in [-0.3, -0.25) is 0 Å². The third-order valence-electron chi connectivity index (χ3n) is 2.78. The smallest absolute Gasteiger partial charge is 0.0938 e. The van der Waals surface area contributed by atoms with Crippen molar-refractivity contribution in [1.82, 2.24) is 5.32 Å². The SMILES string of the molecule is CCO[C@@H]1CNCCC1c1ccoc1. The van der Waals surface area contributed by atoms with Crippen LogP contribution in [0.4, 0.5) is 0 Å². The van der Waals surface area contributed by atoms with Crippen LogP contribution in [0.5, 0.6) is 0 Å². The highest BCUT2D eigenvalue weighted by atomic mass is 16.5. The summed E-state index contributed by atoms with van der Waals surface area (Å²) < 4.78 is 10.8. The standard InChI is InChI=1S/C11H17NO2/c1-2-14-11-7-12-5-3-10(11)9-4-6-13-8-9/h4,6,8,10-12H,2-3,5,7H2,1H3/t10?,11-/m1/s1. The second kappa shape index (κ2) is 4.62. The molecule has 1 saturated heterocycles. The zero-order valence-corrected chi connectivity index (χ0v) is 8.53. The van der Waals surface area contributed by atoms with Crippen molar-refractivity contribution in [3.05, 3.63) is 24.2 Å². The summed E-state index contributed by atoms with van der Waals surface area (Å²) in [5, 5.41) is 3.36. The molecule has 78 valence electrons. The largest absolute Gasteiger partial charge is 0.472 e. The van der Waals surface area contributed by atoms with Crippen LogP contribution >= 0.6 is 0 Å². The van der Waals surface area contributed by atoms with Gasteiger partial charge >= 0.3 is 0 Å². The zero-order valence-electron chi connectivity index (χ0n) is 8.53. The van der Waals surface area contributed by atoms with Crippen LogP contribution in [0.15, 0.2) is 23.0 Å². The average Bonchev–Trinajstić information content (AvgIpc) is 2.72. The van der Waals surface area contributed by atoms with E-state index in [2.05, 4.69) is 5.32 Å². The minimum Gasteiger partial charge on any atom is -0.472 e. The summed E-state index contributed by atoms with van der Waals surface area (Å²) in [4.78, 5) is 0. The maximum atomic E-state index is 5.72. The van der Waals surface area contributed by atoms with Crippen LogP contribution in [-0.4, -0.2) is 25.8 Å². The Kier molecular flexibility index (Phi) is 3.22. The van der Waals surface area contributed by atoms with Gasteiger partial charge in [0.2, 0.25) is 0 Å². The highest BCUT2D eigenvalue weighted by Crippen LogP contribution is 2.27. The number of piperidine rings is 1. The van der Waals surface area contributed by atoms with Gasteiger partial charge in [0.1, 0.15) is 0 Å². The normalized spacial score (nSPS) is 27.8. The predicted octanol–water partition coefficient (Wildman–Crippen LogP) is 1.76. The molecule has 0 saturated carbocycles. The van der Waals surface area contributed by atoms with Gasteiger partial charge in [-0.1, -0.05) is 0 Å². The number of nitrogens with one attached hydrogen (secondary N) is 1. The Balaban J connectivity index is 2.06. The molecule has 2 rings (SSSR count). The number of hydrogen-bond donors (Lipinski definition) is 1. The van der Waals surface area contributed by atoms with Crippen LogP contribution in [0.25, 0.3) is 0 Å². The van der Waals surface area contributed by atoms with Gasteiger partial charge in [-0.2, -0.15) is 0 Å². The first-order valence-electron chi connectivity index (χ1n) is 5.26. The van der Waals surface area contributed by atoms with Crippen molar-refractivity contribution >= 4 is 0 Å². The second-order valence-electron chi connectivity index (χ2n) is 3.65. The summed E-state index contributed by atoms with van der Waals surface area (Å²) in [7, 11) is 0. The number of hydrogen-bond acceptors (Lipinski definition) is 3. The fourth-order valence-corrected chi connectivity index (χ4v) is 2.09. The van der Waals surface area contributed by atoms with Crippen molar-refractivity contribution in [2.24, 2.45) is 0 Å². The lowest BCUT2D eigenvalue weighted by Gasteiger charge is -2.31. The molecule has 1 aliphatic heterocycles. The molecule has 0 bridgehead atoms. The quantitative estimate of drug-likeness (QED) is 0.798. The topological polar surface area (TPSA) is 34.4 Å². The lowest BCUT2D eigenvalue weighted by Crippen LogP contribution is -2.40. The van der Waals surface area contributed by atoms with Crippen molar-refractivity contribution in [2.75, 3.05) is 19.7 Å². The minimum absolute atomic E-state index is 0.298. The third-order valence-corrected chi connectivity index (χ3v) is 2.78. The molecule has 2 atom stereocenters. The number of ether oxygens (including phenoxy) is 1. The lowest BCUT2D eigenvalue weighted by atomic mass is 9.89. The molecule has 1 N–H and O–H groups in total. The van der Waals surface area contributed by atoms with Crippen LogP contribution < -0.4 is 5.32 Å². The van der Waals surface area contributed by atoms with Crippen molar-refractivity contribution in [2.45, 2.75) is 25.4 Å². The number of furan rings is 1. The first kappa shape index (κ1) is 9.74. The van der Waals surface area contributed by atoms with Gasteiger partial charge in [-0.25, -0.2) is 0 Å². The Morgan fingerprint density at radius 1 is 1.64 bits per heavy atom. The molecule has 1 aliphatic rings. The molecule has 14 heavy (non-hydrogen) atoms. The Labute approximate surface area is 84.4 Å². The molecular formula is C11H17NO2. The first-order chi connectivity index (χ1) is 6.92. The third kappa shape index (κ3) is 1.99. The summed E-state index contributed by atoms with van der Waals surface area (Å²) >= 11 is 0. The second-order valence-corrected chi connectivity index (χ2v) is 3.65. The molecule has 3 nitrogen and oxygen atoms in total. The lowest BCUT2D eigenvalue weighted by molar-refractivity contribution is 0.0297. The Morgan fingerprint density at radius 2 is 2.57 bits per heavy atom. The predicted molar refractivity (Wildman–Crippen MR) is 54.3 cm³/mol. The van der Waals surface area contributed by atoms with E-state index >= 15 is 0 Å². The molecule has 1 aromatic rings. The van der Waals surface area contributed by atoms with Crippen molar-refractivity contribution in [1.29, 1.82) is 0 Å². The highest BCUT2D eigenvalue weighted by Gasteiger charge is 2.27. The first-order valence-corrected chi connectivity index (χ1v) is 5.26. The van der Waals surface area contributed by atoms with Crippen LogP contribution in [0.2, 0.25) is 0 Å². The minimum atomic E-state index is 0.298. The van der Waals surface area contributed by atoms with Crippen LogP contribution in [0.3, 0.4) is 0 Å². The van der Waals surface area contributed by atoms with E-state index in [-0.39, 0.29) is 0 Å². The van der Waals surface area contributed by atoms with E-state index in [0.717, 1.165) is 26.1 Å². The summed E-state index contributed by atoms with van der Waals surface area (Å²) in [5.74, 6) is 0.495. The fraction of sp³-hybridized carbons (Fsp3) is 0.636. The maximum absolute atomic E-state index is 5.72.